The SMILES string of the molecule is CCc1nc(-c2ccc(NC(=O)Nc3ccc(OC)c(OC)c3)cc2)no1. The van der Waals surface area contributed by atoms with E-state index in [1.807, 2.05) is 19.1 Å². The number of nitrogens with one attached hydrogen (secondary N) is 2. The third-order valence-electron chi connectivity index (χ3n) is 3.81. The first kappa shape index (κ1) is 18.2. The summed E-state index contributed by atoms with van der Waals surface area (Å²) in [5, 5.41) is 9.44. The first-order chi connectivity index (χ1) is 13.1. The highest BCUT2D eigenvalue weighted by Crippen LogP contribution is 2.29. The minimum atomic E-state index is -0.372. The normalized spacial score (nSPS) is 10.3. The fraction of sp³-hybridized carbons (Fsp3) is 0.211. The lowest BCUT2D eigenvalue weighted by Gasteiger charge is -2.11. The zero-order valence-corrected chi connectivity index (χ0v) is 15.3. The van der Waals surface area contributed by atoms with Crippen molar-refractivity contribution in [1.29, 1.82) is 0 Å². The summed E-state index contributed by atoms with van der Waals surface area (Å²) in [6.07, 6.45) is 0.683. The molecule has 1 heterocycles. The van der Waals surface area contributed by atoms with Crippen molar-refractivity contribution >= 4 is 17.4 Å². The lowest BCUT2D eigenvalue weighted by atomic mass is 10.2. The molecule has 0 atom stereocenters. The van der Waals surface area contributed by atoms with E-state index in [0.717, 1.165) is 5.56 Å². The predicted octanol–water partition coefficient (Wildman–Crippen LogP) is 3.96. The molecule has 0 saturated heterocycles. The monoisotopic (exact) mass is 368 g/mol. The van der Waals surface area contributed by atoms with E-state index < -0.39 is 0 Å². The number of hydrogen-bond donors (Lipinski definition) is 2. The Kier molecular flexibility index (Phi) is 5.55. The van der Waals surface area contributed by atoms with E-state index in [9.17, 15) is 4.79 Å². The molecule has 0 aliphatic heterocycles. The summed E-state index contributed by atoms with van der Waals surface area (Å²) in [6, 6.07) is 11.9. The Balaban J connectivity index is 1.64. The highest BCUT2D eigenvalue weighted by molar-refractivity contribution is 6.00. The van der Waals surface area contributed by atoms with E-state index in [4.69, 9.17) is 14.0 Å². The first-order valence-corrected chi connectivity index (χ1v) is 8.36. The van der Waals surface area contributed by atoms with Crippen LogP contribution in [0.25, 0.3) is 11.4 Å². The van der Waals surface area contributed by atoms with Gasteiger partial charge in [0.1, 0.15) is 0 Å². The van der Waals surface area contributed by atoms with Crippen molar-refractivity contribution < 1.29 is 18.8 Å². The predicted molar refractivity (Wildman–Crippen MR) is 101 cm³/mol. The maximum Gasteiger partial charge on any atom is 0.323 e. The quantitative estimate of drug-likeness (QED) is 0.683. The van der Waals surface area contributed by atoms with E-state index in [2.05, 4.69) is 20.8 Å². The Morgan fingerprint density at radius 1 is 1.00 bits per heavy atom. The van der Waals surface area contributed by atoms with Gasteiger partial charge >= 0.3 is 6.03 Å². The van der Waals surface area contributed by atoms with Crippen molar-refractivity contribution in [2.75, 3.05) is 24.9 Å². The number of aryl methyl sites for hydroxylation is 1. The second kappa shape index (κ2) is 8.22. The molecule has 2 aromatic carbocycles. The van der Waals surface area contributed by atoms with E-state index in [0.29, 0.717) is 41.0 Å². The van der Waals surface area contributed by atoms with Gasteiger partial charge in [-0.2, -0.15) is 4.98 Å². The Bertz CT molecular complexity index is 922. The summed E-state index contributed by atoms with van der Waals surface area (Å²) < 4.78 is 15.5. The van der Waals surface area contributed by atoms with Gasteiger partial charge in [0.15, 0.2) is 11.5 Å². The zero-order chi connectivity index (χ0) is 19.2. The number of amides is 2. The van der Waals surface area contributed by atoms with Crippen molar-refractivity contribution in [2.45, 2.75) is 13.3 Å². The number of ether oxygens (including phenoxy) is 2. The molecule has 8 nitrogen and oxygen atoms in total. The van der Waals surface area contributed by atoms with Crippen molar-refractivity contribution in [3.8, 4) is 22.9 Å². The van der Waals surface area contributed by atoms with Gasteiger partial charge in [0.25, 0.3) is 0 Å². The van der Waals surface area contributed by atoms with Crippen LogP contribution in [0.4, 0.5) is 16.2 Å². The average Bonchev–Trinajstić information content (AvgIpc) is 3.17. The molecule has 3 aromatic rings. The standard InChI is InChI=1S/C19H20N4O4/c1-4-17-22-18(23-27-17)12-5-7-13(8-6-12)20-19(24)21-14-9-10-15(25-2)16(11-14)26-3/h5-11H,4H2,1-3H3,(H2,20,21,24). The molecule has 8 heteroatoms. The van der Waals surface area contributed by atoms with Gasteiger partial charge in [0, 0.05) is 29.4 Å². The molecule has 0 aliphatic carbocycles. The molecule has 3 rings (SSSR count). The number of rotatable bonds is 6. The largest absolute Gasteiger partial charge is 0.493 e. The van der Waals surface area contributed by atoms with Crippen LogP contribution in [0.3, 0.4) is 0 Å². The number of anilines is 2. The van der Waals surface area contributed by atoms with Crippen LogP contribution in [0.15, 0.2) is 47.0 Å². The molecule has 2 N–H and O–H groups in total. The number of aromatic nitrogens is 2. The number of methoxy groups -OCH3 is 2. The zero-order valence-electron chi connectivity index (χ0n) is 15.3. The molecule has 140 valence electrons. The Hall–Kier alpha value is -3.55. The van der Waals surface area contributed by atoms with E-state index >= 15 is 0 Å². The minimum absolute atomic E-state index is 0.372. The molecule has 0 radical (unpaired) electrons. The molecule has 0 fully saturated rings. The van der Waals surface area contributed by atoms with Crippen LogP contribution in [0, 0.1) is 0 Å². The Morgan fingerprint density at radius 3 is 2.30 bits per heavy atom. The van der Waals surface area contributed by atoms with Gasteiger partial charge in [-0.15, -0.1) is 0 Å². The van der Waals surface area contributed by atoms with Gasteiger partial charge in [-0.3, -0.25) is 0 Å². The molecule has 0 unspecified atom stereocenters. The first-order valence-electron chi connectivity index (χ1n) is 8.36. The minimum Gasteiger partial charge on any atom is -0.493 e. The third-order valence-corrected chi connectivity index (χ3v) is 3.81. The second-order valence-electron chi connectivity index (χ2n) is 5.59. The van der Waals surface area contributed by atoms with Crippen molar-refractivity contribution in [1.82, 2.24) is 10.1 Å². The molecular formula is C19H20N4O4. The fourth-order valence-corrected chi connectivity index (χ4v) is 2.43. The lowest BCUT2D eigenvalue weighted by Crippen LogP contribution is -2.19. The summed E-state index contributed by atoms with van der Waals surface area (Å²) in [7, 11) is 3.09. The van der Waals surface area contributed by atoms with Crippen LogP contribution in [0.2, 0.25) is 0 Å². The highest BCUT2D eigenvalue weighted by Gasteiger charge is 2.09. The van der Waals surface area contributed by atoms with Crippen LogP contribution in [0.1, 0.15) is 12.8 Å². The maximum absolute atomic E-state index is 12.2. The summed E-state index contributed by atoms with van der Waals surface area (Å²) >= 11 is 0. The topological polar surface area (TPSA) is 98.5 Å². The van der Waals surface area contributed by atoms with Gasteiger partial charge in [0.2, 0.25) is 11.7 Å². The molecule has 0 aliphatic rings. The van der Waals surface area contributed by atoms with Gasteiger partial charge in [0.05, 0.1) is 14.2 Å². The Labute approximate surface area is 156 Å². The van der Waals surface area contributed by atoms with Crippen LogP contribution < -0.4 is 20.1 Å². The summed E-state index contributed by atoms with van der Waals surface area (Å²) in [4.78, 5) is 16.5. The van der Waals surface area contributed by atoms with Crippen molar-refractivity contribution in [3.63, 3.8) is 0 Å². The van der Waals surface area contributed by atoms with Crippen LogP contribution in [0.5, 0.6) is 11.5 Å². The number of benzene rings is 2. The number of carbonyl (C=O) groups excluding carboxylic acids is 1. The van der Waals surface area contributed by atoms with E-state index in [-0.39, 0.29) is 6.03 Å². The lowest BCUT2D eigenvalue weighted by molar-refractivity contribution is 0.262. The molecule has 0 bridgehead atoms. The molecule has 1 aromatic heterocycles. The second-order valence-corrected chi connectivity index (χ2v) is 5.59. The number of urea groups is 1. The van der Waals surface area contributed by atoms with Crippen LogP contribution in [-0.4, -0.2) is 30.4 Å². The summed E-state index contributed by atoms with van der Waals surface area (Å²) in [5.74, 6) is 2.23. The highest BCUT2D eigenvalue weighted by atomic mass is 16.5. The molecule has 0 saturated carbocycles. The number of nitrogens with zero attached hydrogens (tertiary/aromatic N) is 2. The van der Waals surface area contributed by atoms with Gasteiger partial charge in [-0.1, -0.05) is 12.1 Å². The van der Waals surface area contributed by atoms with Gasteiger partial charge in [-0.05, 0) is 36.4 Å². The molecule has 27 heavy (non-hydrogen) atoms. The van der Waals surface area contributed by atoms with Gasteiger partial charge < -0.3 is 24.6 Å². The smallest absolute Gasteiger partial charge is 0.323 e. The average molecular weight is 368 g/mol. The summed E-state index contributed by atoms with van der Waals surface area (Å²) in [6.45, 7) is 1.95. The molecule has 2 amide bonds. The summed E-state index contributed by atoms with van der Waals surface area (Å²) in [5.41, 5.74) is 2.03. The van der Waals surface area contributed by atoms with Crippen LogP contribution in [-0.2, 0) is 6.42 Å². The number of hydrogen-bond acceptors (Lipinski definition) is 6. The van der Waals surface area contributed by atoms with Crippen molar-refractivity contribution in [3.05, 3.63) is 48.4 Å². The van der Waals surface area contributed by atoms with E-state index in [1.54, 1.807) is 37.4 Å². The maximum atomic E-state index is 12.2. The van der Waals surface area contributed by atoms with Gasteiger partial charge in [-0.25, -0.2) is 4.79 Å². The Morgan fingerprint density at radius 2 is 1.67 bits per heavy atom. The fourth-order valence-electron chi connectivity index (χ4n) is 2.43. The van der Waals surface area contributed by atoms with E-state index in [1.165, 1.54) is 7.11 Å². The molecule has 0 spiro atoms. The van der Waals surface area contributed by atoms with Crippen molar-refractivity contribution in [2.24, 2.45) is 0 Å². The number of carbonyl (C=O) groups is 1. The van der Waals surface area contributed by atoms with Crippen LogP contribution >= 0.6 is 0 Å². The third kappa shape index (κ3) is 4.35. The molecular weight excluding hydrogens is 348 g/mol.